The average Bonchev–Trinajstić information content (AvgIpc) is 2.62. The second-order valence-corrected chi connectivity index (χ2v) is 8.30. The van der Waals surface area contributed by atoms with E-state index in [0.717, 1.165) is 22.3 Å². The largest absolute Gasteiger partial charge is 0.484 e. The van der Waals surface area contributed by atoms with Gasteiger partial charge in [-0.2, -0.15) is 0 Å². The molecule has 0 aliphatic heterocycles. The molecule has 0 saturated carbocycles. The molecule has 0 bridgehead atoms. The molecule has 0 saturated heterocycles. The van der Waals surface area contributed by atoms with Gasteiger partial charge in [-0.05, 0) is 74.2 Å². The molecule has 0 heterocycles. The molecule has 7 heteroatoms. The van der Waals surface area contributed by atoms with E-state index in [-0.39, 0.29) is 30.5 Å². The molecule has 0 spiro atoms. The van der Waals surface area contributed by atoms with Gasteiger partial charge in [0.05, 0.1) is 4.90 Å². The fourth-order valence-electron chi connectivity index (χ4n) is 2.36. The minimum Gasteiger partial charge on any atom is -0.484 e. The number of sulfonamides is 1. The first-order chi connectivity index (χ1) is 12.7. The Balaban J connectivity index is 1.76. The highest BCUT2D eigenvalue weighted by Gasteiger charge is 2.14. The summed E-state index contributed by atoms with van der Waals surface area (Å²) in [6, 6.07) is 10.6. The van der Waals surface area contributed by atoms with Gasteiger partial charge in [-0.15, -0.1) is 0 Å². The van der Waals surface area contributed by atoms with Crippen molar-refractivity contribution in [2.75, 3.05) is 19.7 Å². The number of ether oxygens (including phenoxy) is 1. The fourth-order valence-corrected chi connectivity index (χ4v) is 3.47. The lowest BCUT2D eigenvalue weighted by Gasteiger charge is -2.10. The van der Waals surface area contributed by atoms with E-state index in [1.54, 1.807) is 18.2 Å². The van der Waals surface area contributed by atoms with Crippen molar-refractivity contribution >= 4 is 15.9 Å². The van der Waals surface area contributed by atoms with Gasteiger partial charge < -0.3 is 10.1 Å². The van der Waals surface area contributed by atoms with Crippen molar-refractivity contribution in [1.82, 2.24) is 10.0 Å². The monoisotopic (exact) mass is 390 g/mol. The Morgan fingerprint density at radius 3 is 2.15 bits per heavy atom. The Morgan fingerprint density at radius 2 is 1.52 bits per heavy atom. The van der Waals surface area contributed by atoms with Crippen LogP contribution >= 0.6 is 0 Å². The molecule has 2 N–H and O–H groups in total. The molecule has 0 atom stereocenters. The number of carbonyl (C=O) groups is 1. The number of hydrogen-bond donors (Lipinski definition) is 2. The molecular formula is C20H26N2O4S. The van der Waals surface area contributed by atoms with E-state index in [9.17, 15) is 13.2 Å². The van der Waals surface area contributed by atoms with Crippen molar-refractivity contribution < 1.29 is 17.9 Å². The first kappa shape index (κ1) is 20.9. The molecule has 0 aliphatic carbocycles. The Kier molecular flexibility index (Phi) is 6.98. The van der Waals surface area contributed by atoms with E-state index in [1.165, 1.54) is 0 Å². The second-order valence-electron chi connectivity index (χ2n) is 6.53. The lowest BCUT2D eigenvalue weighted by Crippen LogP contribution is -2.36. The van der Waals surface area contributed by atoms with Gasteiger partial charge in [-0.25, -0.2) is 13.1 Å². The van der Waals surface area contributed by atoms with Crippen molar-refractivity contribution in [3.8, 4) is 5.75 Å². The van der Waals surface area contributed by atoms with Crippen molar-refractivity contribution in [3.05, 3.63) is 58.7 Å². The van der Waals surface area contributed by atoms with Gasteiger partial charge in [0, 0.05) is 13.1 Å². The molecule has 0 fully saturated rings. The summed E-state index contributed by atoms with van der Waals surface area (Å²) in [6.45, 7) is 7.93. The molecule has 2 aromatic carbocycles. The maximum Gasteiger partial charge on any atom is 0.257 e. The SMILES string of the molecule is Cc1ccc(OCC(=O)NCCNS(=O)(=O)c2ccc(C)c(C)c2)cc1C. The van der Waals surface area contributed by atoms with Crippen molar-refractivity contribution in [2.24, 2.45) is 0 Å². The molecule has 1 amide bonds. The van der Waals surface area contributed by atoms with E-state index in [1.807, 2.05) is 45.9 Å². The number of rotatable bonds is 8. The fraction of sp³-hybridized carbons (Fsp3) is 0.350. The van der Waals surface area contributed by atoms with Gasteiger partial charge in [-0.1, -0.05) is 12.1 Å². The zero-order valence-electron chi connectivity index (χ0n) is 16.1. The predicted molar refractivity (Wildman–Crippen MR) is 106 cm³/mol. The van der Waals surface area contributed by atoms with Gasteiger partial charge in [0.1, 0.15) is 5.75 Å². The minimum atomic E-state index is -3.59. The molecular weight excluding hydrogens is 364 g/mol. The summed E-state index contributed by atoms with van der Waals surface area (Å²) in [5.74, 6) is 0.322. The van der Waals surface area contributed by atoms with Crippen LogP contribution in [0.4, 0.5) is 0 Å². The molecule has 0 unspecified atom stereocenters. The molecule has 146 valence electrons. The van der Waals surface area contributed by atoms with Crippen molar-refractivity contribution in [2.45, 2.75) is 32.6 Å². The first-order valence-corrected chi connectivity index (χ1v) is 10.2. The molecule has 0 aromatic heterocycles. The molecule has 2 aromatic rings. The smallest absolute Gasteiger partial charge is 0.257 e. The van der Waals surface area contributed by atoms with Crippen LogP contribution in [-0.2, 0) is 14.8 Å². The summed E-state index contributed by atoms with van der Waals surface area (Å²) in [5.41, 5.74) is 4.19. The zero-order chi connectivity index (χ0) is 20.0. The number of carbonyl (C=O) groups excluding carboxylic acids is 1. The third-order valence-corrected chi connectivity index (χ3v) is 5.83. The van der Waals surface area contributed by atoms with Crippen LogP contribution < -0.4 is 14.8 Å². The topological polar surface area (TPSA) is 84.5 Å². The maximum atomic E-state index is 12.3. The Hall–Kier alpha value is -2.38. The Bertz CT molecular complexity index is 924. The number of hydrogen-bond acceptors (Lipinski definition) is 4. The predicted octanol–water partition coefficient (Wildman–Crippen LogP) is 2.39. The summed E-state index contributed by atoms with van der Waals surface area (Å²) in [4.78, 5) is 12.0. The number of benzene rings is 2. The van der Waals surface area contributed by atoms with Crippen molar-refractivity contribution in [3.63, 3.8) is 0 Å². The van der Waals surface area contributed by atoms with Gasteiger partial charge in [-0.3, -0.25) is 4.79 Å². The summed E-state index contributed by atoms with van der Waals surface area (Å²) < 4.78 is 32.5. The zero-order valence-corrected chi connectivity index (χ0v) is 16.9. The summed E-state index contributed by atoms with van der Waals surface area (Å²) in [5, 5.41) is 2.63. The summed E-state index contributed by atoms with van der Waals surface area (Å²) >= 11 is 0. The van der Waals surface area contributed by atoms with Gasteiger partial charge in [0.15, 0.2) is 6.61 Å². The quantitative estimate of drug-likeness (QED) is 0.678. The van der Waals surface area contributed by atoms with Crippen LogP contribution in [-0.4, -0.2) is 34.0 Å². The third-order valence-electron chi connectivity index (χ3n) is 4.38. The second kappa shape index (κ2) is 9.01. The molecule has 0 radical (unpaired) electrons. The van der Waals surface area contributed by atoms with Crippen LogP contribution in [0.1, 0.15) is 22.3 Å². The molecule has 2 rings (SSSR count). The van der Waals surface area contributed by atoms with E-state index < -0.39 is 10.0 Å². The van der Waals surface area contributed by atoms with Crippen LogP contribution in [0.3, 0.4) is 0 Å². The number of amides is 1. The average molecular weight is 391 g/mol. The van der Waals surface area contributed by atoms with Crippen LogP contribution in [0.2, 0.25) is 0 Å². The normalized spacial score (nSPS) is 11.3. The van der Waals surface area contributed by atoms with Crippen LogP contribution in [0.5, 0.6) is 5.75 Å². The standard InChI is InChI=1S/C20H26N2O4S/c1-14-5-7-18(11-16(14)3)26-13-20(23)21-9-10-22-27(24,25)19-8-6-15(2)17(4)12-19/h5-8,11-12,22H,9-10,13H2,1-4H3,(H,21,23). The van der Waals surface area contributed by atoms with Gasteiger partial charge >= 0.3 is 0 Å². The highest BCUT2D eigenvalue weighted by molar-refractivity contribution is 7.89. The highest BCUT2D eigenvalue weighted by Crippen LogP contribution is 2.16. The molecule has 0 aliphatic rings. The third kappa shape index (κ3) is 6.08. The first-order valence-electron chi connectivity index (χ1n) is 8.73. The minimum absolute atomic E-state index is 0.102. The van der Waals surface area contributed by atoms with E-state index in [0.29, 0.717) is 5.75 Å². The van der Waals surface area contributed by atoms with E-state index in [4.69, 9.17) is 4.74 Å². The summed E-state index contributed by atoms with van der Waals surface area (Å²) in [7, 11) is -3.59. The molecule has 27 heavy (non-hydrogen) atoms. The molecule has 6 nitrogen and oxygen atoms in total. The Labute approximate surface area is 161 Å². The van der Waals surface area contributed by atoms with Crippen molar-refractivity contribution in [1.29, 1.82) is 0 Å². The van der Waals surface area contributed by atoms with E-state index in [2.05, 4.69) is 10.0 Å². The Morgan fingerprint density at radius 1 is 0.889 bits per heavy atom. The maximum absolute atomic E-state index is 12.3. The number of nitrogens with one attached hydrogen (secondary N) is 2. The van der Waals surface area contributed by atoms with Crippen LogP contribution in [0, 0.1) is 27.7 Å². The lowest BCUT2D eigenvalue weighted by molar-refractivity contribution is -0.123. The van der Waals surface area contributed by atoms with Gasteiger partial charge in [0.25, 0.3) is 5.91 Å². The van der Waals surface area contributed by atoms with Crippen LogP contribution in [0.15, 0.2) is 41.3 Å². The highest BCUT2D eigenvalue weighted by atomic mass is 32.2. The lowest BCUT2D eigenvalue weighted by atomic mass is 10.1. The number of aryl methyl sites for hydroxylation is 4. The van der Waals surface area contributed by atoms with Crippen LogP contribution in [0.25, 0.3) is 0 Å². The van der Waals surface area contributed by atoms with Gasteiger partial charge in [0.2, 0.25) is 10.0 Å². The summed E-state index contributed by atoms with van der Waals surface area (Å²) in [6.07, 6.45) is 0. The van der Waals surface area contributed by atoms with E-state index >= 15 is 0 Å².